The highest BCUT2D eigenvalue weighted by atomic mass is 35.5. The van der Waals surface area contributed by atoms with Crippen LogP contribution in [0.15, 0.2) is 0 Å². The van der Waals surface area contributed by atoms with Crippen LogP contribution in [-0.4, -0.2) is 5.38 Å². The molecule has 17 heavy (non-hydrogen) atoms. The second kappa shape index (κ2) is 10.2. The lowest BCUT2D eigenvalue weighted by Gasteiger charge is -2.16. The highest BCUT2D eigenvalue weighted by Crippen LogP contribution is 2.32. The van der Waals surface area contributed by atoms with Crippen LogP contribution in [0.4, 0.5) is 0 Å². The molecule has 1 fully saturated rings. The van der Waals surface area contributed by atoms with Crippen molar-refractivity contribution in [2.45, 2.75) is 95.8 Å². The molecule has 0 N–H and O–H groups in total. The van der Waals surface area contributed by atoms with Crippen molar-refractivity contribution in [3.63, 3.8) is 0 Å². The van der Waals surface area contributed by atoms with E-state index in [1.165, 1.54) is 83.5 Å². The molecule has 1 aliphatic carbocycles. The molecule has 0 heterocycles. The average molecular weight is 259 g/mol. The number of hydrogen-bond acceptors (Lipinski definition) is 0. The lowest BCUT2D eigenvalue weighted by atomic mass is 9.98. The van der Waals surface area contributed by atoms with Crippen molar-refractivity contribution in [3.8, 4) is 0 Å². The zero-order chi connectivity index (χ0) is 12.3. The monoisotopic (exact) mass is 258 g/mol. The molecule has 0 spiro atoms. The van der Waals surface area contributed by atoms with Gasteiger partial charge in [-0.15, -0.1) is 11.6 Å². The quantitative estimate of drug-likeness (QED) is 0.318. The summed E-state index contributed by atoms with van der Waals surface area (Å²) in [5.41, 5.74) is 0. The maximum absolute atomic E-state index is 6.47. The van der Waals surface area contributed by atoms with Crippen LogP contribution in [0.1, 0.15) is 90.4 Å². The van der Waals surface area contributed by atoms with Gasteiger partial charge < -0.3 is 0 Å². The lowest BCUT2D eigenvalue weighted by Crippen LogP contribution is -2.10. The zero-order valence-corrected chi connectivity index (χ0v) is 12.5. The Morgan fingerprint density at radius 2 is 1.41 bits per heavy atom. The number of rotatable bonds is 10. The van der Waals surface area contributed by atoms with E-state index in [9.17, 15) is 0 Å². The van der Waals surface area contributed by atoms with Gasteiger partial charge in [0.15, 0.2) is 0 Å². The third-order valence-corrected chi connectivity index (χ3v) is 4.82. The van der Waals surface area contributed by atoms with Gasteiger partial charge in [-0.2, -0.15) is 0 Å². The average Bonchev–Trinajstić information content (AvgIpc) is 2.86. The van der Waals surface area contributed by atoms with Gasteiger partial charge in [-0.3, -0.25) is 0 Å². The molecule has 0 nitrogen and oxygen atoms in total. The number of alkyl halides is 1. The third kappa shape index (κ3) is 7.34. The topological polar surface area (TPSA) is 0 Å². The number of hydrogen-bond donors (Lipinski definition) is 0. The van der Waals surface area contributed by atoms with Gasteiger partial charge in [0, 0.05) is 5.38 Å². The van der Waals surface area contributed by atoms with Crippen LogP contribution >= 0.6 is 11.6 Å². The first-order valence-corrected chi connectivity index (χ1v) is 8.42. The minimum atomic E-state index is 0.484. The van der Waals surface area contributed by atoms with E-state index < -0.39 is 0 Å². The summed E-state index contributed by atoms with van der Waals surface area (Å²) in [5.74, 6) is 0.848. The maximum Gasteiger partial charge on any atom is 0.0364 e. The Morgan fingerprint density at radius 1 is 0.882 bits per heavy atom. The van der Waals surface area contributed by atoms with Gasteiger partial charge in [-0.25, -0.2) is 0 Å². The zero-order valence-electron chi connectivity index (χ0n) is 11.7. The predicted molar refractivity (Wildman–Crippen MR) is 78.8 cm³/mol. The normalized spacial score (nSPS) is 18.7. The summed E-state index contributed by atoms with van der Waals surface area (Å²) in [6.45, 7) is 2.28. The van der Waals surface area contributed by atoms with E-state index in [0.29, 0.717) is 5.38 Å². The molecule has 1 aliphatic rings. The van der Waals surface area contributed by atoms with Crippen LogP contribution in [0.5, 0.6) is 0 Å². The Kier molecular flexibility index (Phi) is 9.24. The molecule has 0 bridgehead atoms. The summed E-state index contributed by atoms with van der Waals surface area (Å²) in [5, 5.41) is 0.484. The van der Waals surface area contributed by atoms with Crippen LogP contribution in [0.25, 0.3) is 0 Å². The van der Waals surface area contributed by atoms with Crippen molar-refractivity contribution in [1.82, 2.24) is 0 Å². The Balaban J connectivity index is 1.83. The molecule has 0 amide bonds. The van der Waals surface area contributed by atoms with E-state index in [4.69, 9.17) is 11.6 Å². The second-order valence-corrected chi connectivity index (χ2v) is 6.38. The van der Waals surface area contributed by atoms with E-state index in [1.807, 2.05) is 0 Å². The number of halogens is 1. The van der Waals surface area contributed by atoms with Crippen molar-refractivity contribution in [1.29, 1.82) is 0 Å². The van der Waals surface area contributed by atoms with E-state index in [2.05, 4.69) is 6.92 Å². The summed E-state index contributed by atoms with van der Waals surface area (Å²) in [7, 11) is 0. The summed E-state index contributed by atoms with van der Waals surface area (Å²) >= 11 is 6.47. The van der Waals surface area contributed by atoms with Gasteiger partial charge in [-0.1, -0.05) is 71.1 Å². The van der Waals surface area contributed by atoms with E-state index in [0.717, 1.165) is 5.92 Å². The van der Waals surface area contributed by atoms with Crippen molar-refractivity contribution >= 4 is 11.6 Å². The van der Waals surface area contributed by atoms with Gasteiger partial charge in [0.2, 0.25) is 0 Å². The van der Waals surface area contributed by atoms with Crippen molar-refractivity contribution < 1.29 is 0 Å². The standard InChI is InChI=1S/C16H31Cl/c1-2-3-4-5-6-7-8-9-14-16(17)15-12-10-11-13-15/h15-16H,2-14H2,1H3. The van der Waals surface area contributed by atoms with Crippen LogP contribution in [-0.2, 0) is 0 Å². The van der Waals surface area contributed by atoms with E-state index in [-0.39, 0.29) is 0 Å². The first-order valence-electron chi connectivity index (χ1n) is 7.98. The fourth-order valence-corrected chi connectivity index (χ4v) is 3.43. The molecule has 1 unspecified atom stereocenters. The van der Waals surface area contributed by atoms with Gasteiger partial charge in [0.25, 0.3) is 0 Å². The molecule has 0 radical (unpaired) electrons. The Labute approximate surface area is 114 Å². The largest absolute Gasteiger partial charge is 0.123 e. The Hall–Kier alpha value is 0.290. The second-order valence-electron chi connectivity index (χ2n) is 5.82. The molecule has 0 aromatic heterocycles. The summed E-state index contributed by atoms with van der Waals surface area (Å²) in [6, 6.07) is 0. The Morgan fingerprint density at radius 3 is 2.00 bits per heavy atom. The summed E-state index contributed by atoms with van der Waals surface area (Å²) < 4.78 is 0. The third-order valence-electron chi connectivity index (χ3n) is 4.24. The van der Waals surface area contributed by atoms with Crippen LogP contribution < -0.4 is 0 Å². The summed E-state index contributed by atoms with van der Waals surface area (Å²) in [6.07, 6.45) is 18.2. The minimum absolute atomic E-state index is 0.484. The van der Waals surface area contributed by atoms with E-state index >= 15 is 0 Å². The van der Waals surface area contributed by atoms with Crippen molar-refractivity contribution in [3.05, 3.63) is 0 Å². The molecule has 1 atom stereocenters. The van der Waals surface area contributed by atoms with Gasteiger partial charge in [-0.05, 0) is 25.2 Å². The molecule has 0 aliphatic heterocycles. The Bertz CT molecular complexity index is 161. The number of unbranched alkanes of at least 4 members (excludes halogenated alkanes) is 7. The fraction of sp³-hybridized carbons (Fsp3) is 1.00. The first-order chi connectivity index (χ1) is 8.34. The van der Waals surface area contributed by atoms with Crippen LogP contribution in [0.2, 0.25) is 0 Å². The molecule has 0 aromatic rings. The molecule has 0 saturated heterocycles. The van der Waals surface area contributed by atoms with Crippen LogP contribution in [0, 0.1) is 5.92 Å². The van der Waals surface area contributed by atoms with Crippen molar-refractivity contribution in [2.24, 2.45) is 5.92 Å². The van der Waals surface area contributed by atoms with Gasteiger partial charge in [0.1, 0.15) is 0 Å². The summed E-state index contributed by atoms with van der Waals surface area (Å²) in [4.78, 5) is 0. The molecule has 1 heteroatoms. The van der Waals surface area contributed by atoms with Gasteiger partial charge in [0.05, 0.1) is 0 Å². The molecule has 1 rings (SSSR count). The first kappa shape index (κ1) is 15.3. The highest BCUT2D eigenvalue weighted by Gasteiger charge is 2.22. The van der Waals surface area contributed by atoms with Gasteiger partial charge >= 0.3 is 0 Å². The van der Waals surface area contributed by atoms with Crippen LogP contribution in [0.3, 0.4) is 0 Å². The molecule has 0 aromatic carbocycles. The molecule has 102 valence electrons. The van der Waals surface area contributed by atoms with E-state index in [1.54, 1.807) is 0 Å². The smallest absolute Gasteiger partial charge is 0.0364 e. The predicted octanol–water partition coefficient (Wildman–Crippen LogP) is 6.31. The maximum atomic E-state index is 6.47. The lowest BCUT2D eigenvalue weighted by molar-refractivity contribution is 0.468. The highest BCUT2D eigenvalue weighted by molar-refractivity contribution is 6.20. The van der Waals surface area contributed by atoms with Crippen molar-refractivity contribution in [2.75, 3.05) is 0 Å². The minimum Gasteiger partial charge on any atom is -0.123 e. The molecular formula is C16H31Cl. The fourth-order valence-electron chi connectivity index (χ4n) is 3.03. The SMILES string of the molecule is CCCCCCCCCCC(Cl)C1CCCC1. The molecular weight excluding hydrogens is 228 g/mol. The molecule has 1 saturated carbocycles.